The van der Waals surface area contributed by atoms with Crippen LogP contribution < -0.4 is 11.1 Å². The van der Waals surface area contributed by atoms with E-state index in [0.717, 1.165) is 89.9 Å². The van der Waals surface area contributed by atoms with E-state index in [1.807, 2.05) is 6.08 Å². The summed E-state index contributed by atoms with van der Waals surface area (Å²) >= 11 is 0. The van der Waals surface area contributed by atoms with Gasteiger partial charge in [-0.2, -0.15) is 0 Å². The largest absolute Gasteiger partial charge is 0.472 e. The Morgan fingerprint density at radius 1 is 0.642 bits per heavy atom. The van der Waals surface area contributed by atoms with Crippen molar-refractivity contribution in [3.63, 3.8) is 0 Å². The van der Waals surface area contributed by atoms with E-state index in [-0.39, 0.29) is 25.7 Å². The number of phosphoric ester groups is 1. The molecule has 0 aromatic heterocycles. The number of carbonyl (C=O) groups excluding carboxylic acids is 1. The van der Waals surface area contributed by atoms with Crippen molar-refractivity contribution in [2.24, 2.45) is 5.73 Å². The van der Waals surface area contributed by atoms with Gasteiger partial charge < -0.3 is 21.1 Å². The standard InChI is InChI=1S/C44H77N2O6P/c1-3-5-7-9-11-13-15-16-17-18-19-20-21-22-23-24-25-26-28-30-32-34-36-38-44(48)46-42(41-52-53(49,50)51-40-39-45)43(47)37-35-33-31-29-27-14-12-10-8-6-4-2/h5,7,11,13,16-17,19-20,22-23,25-26,35,37,42-43,47H,3-4,6,8-10,12,14-15,18,21,24,27-34,36,38-41,45H2,1-2H3,(H,46,48)(H,49,50)/b7-5-,13-11-,17-16-,20-19-,23-22-,26-25-,37-35+. The third-order valence-electron chi connectivity index (χ3n) is 8.48. The fourth-order valence-electron chi connectivity index (χ4n) is 5.37. The van der Waals surface area contributed by atoms with Gasteiger partial charge in [0, 0.05) is 13.0 Å². The van der Waals surface area contributed by atoms with Gasteiger partial charge in [-0.1, -0.05) is 163 Å². The van der Waals surface area contributed by atoms with Crippen LogP contribution in [0.5, 0.6) is 0 Å². The summed E-state index contributed by atoms with van der Waals surface area (Å²) in [6.07, 6.45) is 52.0. The summed E-state index contributed by atoms with van der Waals surface area (Å²) in [6, 6.07) is -0.878. The normalized spacial score (nSPS) is 15.0. The van der Waals surface area contributed by atoms with E-state index in [1.165, 1.54) is 44.9 Å². The second kappa shape index (κ2) is 39.4. The Morgan fingerprint density at radius 3 is 1.60 bits per heavy atom. The van der Waals surface area contributed by atoms with Crippen molar-refractivity contribution < 1.29 is 28.4 Å². The molecule has 8 nitrogen and oxygen atoms in total. The number of phosphoric acid groups is 1. The number of hydrogen-bond donors (Lipinski definition) is 4. The topological polar surface area (TPSA) is 131 Å². The molecule has 0 spiro atoms. The van der Waals surface area contributed by atoms with Crippen LogP contribution >= 0.6 is 7.82 Å². The third kappa shape index (κ3) is 37.8. The van der Waals surface area contributed by atoms with Gasteiger partial charge in [0.25, 0.3) is 0 Å². The zero-order valence-corrected chi connectivity index (χ0v) is 34.4. The Labute approximate surface area is 324 Å². The van der Waals surface area contributed by atoms with Gasteiger partial charge in [0.15, 0.2) is 0 Å². The van der Waals surface area contributed by atoms with E-state index in [1.54, 1.807) is 6.08 Å². The summed E-state index contributed by atoms with van der Waals surface area (Å²) in [5, 5.41) is 13.6. The Bertz CT molecular complexity index is 1100. The molecule has 0 heterocycles. The number of aliphatic hydroxyl groups is 1. The van der Waals surface area contributed by atoms with Gasteiger partial charge in [0.05, 0.1) is 25.4 Å². The maximum absolute atomic E-state index is 12.7. The average Bonchev–Trinajstić information content (AvgIpc) is 3.14. The summed E-state index contributed by atoms with van der Waals surface area (Å²) in [7, 11) is -4.35. The van der Waals surface area contributed by atoms with Crippen LogP contribution in [0, 0.1) is 0 Å². The summed E-state index contributed by atoms with van der Waals surface area (Å²) in [5.74, 6) is -0.224. The number of aliphatic hydroxyl groups excluding tert-OH is 1. The summed E-state index contributed by atoms with van der Waals surface area (Å²) in [5.41, 5.74) is 5.36. The zero-order chi connectivity index (χ0) is 38.9. The van der Waals surface area contributed by atoms with Crippen LogP contribution in [0.25, 0.3) is 0 Å². The van der Waals surface area contributed by atoms with Gasteiger partial charge in [-0.25, -0.2) is 4.57 Å². The molecular weight excluding hydrogens is 683 g/mol. The lowest BCUT2D eigenvalue weighted by Gasteiger charge is -2.23. The third-order valence-corrected chi connectivity index (χ3v) is 9.46. The molecule has 0 radical (unpaired) electrons. The highest BCUT2D eigenvalue weighted by Crippen LogP contribution is 2.43. The van der Waals surface area contributed by atoms with Crippen molar-refractivity contribution >= 4 is 13.7 Å². The van der Waals surface area contributed by atoms with Crippen molar-refractivity contribution in [2.45, 2.75) is 167 Å². The van der Waals surface area contributed by atoms with Crippen molar-refractivity contribution in [2.75, 3.05) is 19.8 Å². The Hall–Kier alpha value is -2.32. The van der Waals surface area contributed by atoms with Gasteiger partial charge in [0.2, 0.25) is 5.91 Å². The quantitative estimate of drug-likeness (QED) is 0.0282. The molecule has 3 unspecified atom stereocenters. The molecule has 0 saturated carbocycles. The van der Waals surface area contributed by atoms with Crippen molar-refractivity contribution in [1.82, 2.24) is 5.32 Å². The molecule has 304 valence electrons. The van der Waals surface area contributed by atoms with Crippen LogP contribution in [0.4, 0.5) is 0 Å². The van der Waals surface area contributed by atoms with Gasteiger partial charge >= 0.3 is 7.82 Å². The smallest absolute Gasteiger partial charge is 0.387 e. The van der Waals surface area contributed by atoms with Crippen LogP contribution in [0.1, 0.15) is 155 Å². The monoisotopic (exact) mass is 761 g/mol. The number of rotatable bonds is 37. The summed E-state index contributed by atoms with van der Waals surface area (Å²) in [6.45, 7) is 3.96. The van der Waals surface area contributed by atoms with Crippen molar-refractivity contribution in [1.29, 1.82) is 0 Å². The molecule has 1 amide bonds. The average molecular weight is 761 g/mol. The molecule has 0 aromatic carbocycles. The second-order valence-electron chi connectivity index (χ2n) is 13.5. The highest BCUT2D eigenvalue weighted by molar-refractivity contribution is 7.47. The molecule has 0 rings (SSSR count). The highest BCUT2D eigenvalue weighted by atomic mass is 31.2. The Balaban J connectivity index is 4.28. The molecule has 0 saturated heterocycles. The van der Waals surface area contributed by atoms with Gasteiger partial charge in [-0.05, 0) is 70.6 Å². The predicted octanol–water partition coefficient (Wildman–Crippen LogP) is 11.4. The molecule has 0 aliphatic carbocycles. The minimum absolute atomic E-state index is 0.0691. The van der Waals surface area contributed by atoms with Crippen LogP contribution in [-0.2, 0) is 18.4 Å². The Kier molecular flexibility index (Phi) is 37.7. The van der Waals surface area contributed by atoms with Crippen LogP contribution in [-0.4, -0.2) is 47.8 Å². The van der Waals surface area contributed by atoms with E-state index in [2.05, 4.69) is 92.1 Å². The Morgan fingerprint density at radius 2 is 1.09 bits per heavy atom. The molecule has 0 aromatic rings. The first-order valence-corrected chi connectivity index (χ1v) is 22.2. The lowest BCUT2D eigenvalue weighted by Crippen LogP contribution is -2.45. The number of carbonyl (C=O) groups is 1. The maximum atomic E-state index is 12.7. The zero-order valence-electron chi connectivity index (χ0n) is 33.5. The van der Waals surface area contributed by atoms with E-state index in [4.69, 9.17) is 14.8 Å². The molecule has 5 N–H and O–H groups in total. The molecule has 0 bridgehead atoms. The number of allylic oxidation sites excluding steroid dienone is 13. The van der Waals surface area contributed by atoms with E-state index < -0.39 is 20.0 Å². The number of nitrogens with one attached hydrogen (secondary N) is 1. The second-order valence-corrected chi connectivity index (χ2v) is 14.9. The minimum Gasteiger partial charge on any atom is -0.387 e. The number of nitrogens with two attached hydrogens (primary N) is 1. The van der Waals surface area contributed by atoms with Gasteiger partial charge in [-0.3, -0.25) is 13.8 Å². The molecule has 0 aliphatic rings. The maximum Gasteiger partial charge on any atom is 0.472 e. The first-order valence-electron chi connectivity index (χ1n) is 20.7. The molecular formula is C44H77N2O6P. The summed E-state index contributed by atoms with van der Waals surface area (Å²) in [4.78, 5) is 22.6. The fourth-order valence-corrected chi connectivity index (χ4v) is 6.13. The highest BCUT2D eigenvalue weighted by Gasteiger charge is 2.26. The number of hydrogen-bond acceptors (Lipinski definition) is 6. The van der Waals surface area contributed by atoms with Crippen LogP contribution in [0.15, 0.2) is 85.1 Å². The van der Waals surface area contributed by atoms with E-state index in [0.29, 0.717) is 6.42 Å². The molecule has 9 heteroatoms. The lowest BCUT2D eigenvalue weighted by atomic mass is 10.1. The fraction of sp³-hybridized carbons (Fsp3) is 0.659. The summed E-state index contributed by atoms with van der Waals surface area (Å²) < 4.78 is 22.0. The number of unbranched alkanes of at least 4 members (excludes halogenated alkanes) is 13. The molecule has 0 aliphatic heterocycles. The number of amides is 1. The van der Waals surface area contributed by atoms with E-state index in [9.17, 15) is 19.4 Å². The van der Waals surface area contributed by atoms with Crippen molar-refractivity contribution in [3.05, 3.63) is 85.1 Å². The van der Waals surface area contributed by atoms with Crippen molar-refractivity contribution in [3.8, 4) is 0 Å². The predicted molar refractivity (Wildman–Crippen MR) is 226 cm³/mol. The lowest BCUT2D eigenvalue weighted by molar-refractivity contribution is -0.123. The first kappa shape index (κ1) is 50.7. The van der Waals surface area contributed by atoms with Crippen LogP contribution in [0.2, 0.25) is 0 Å². The SMILES string of the molecule is CC/C=C\C/C=C\C/C=C\C/C=C\C/C=C\C/C=C\CCCCCCC(=O)NC(COP(=O)(O)OCCN)C(O)/C=C/CCCCCCCCCCC. The molecule has 3 atom stereocenters. The van der Waals surface area contributed by atoms with Gasteiger partial charge in [-0.15, -0.1) is 0 Å². The first-order chi connectivity index (χ1) is 25.9. The van der Waals surface area contributed by atoms with E-state index >= 15 is 0 Å². The van der Waals surface area contributed by atoms with Crippen LogP contribution in [0.3, 0.4) is 0 Å². The minimum atomic E-state index is -4.35. The molecule has 53 heavy (non-hydrogen) atoms. The molecule has 0 fully saturated rings. The van der Waals surface area contributed by atoms with Gasteiger partial charge in [0.1, 0.15) is 0 Å².